The number of anilines is 1. The molecule has 216 valence electrons. The highest BCUT2D eigenvalue weighted by Gasteiger charge is 2.36. The van der Waals surface area contributed by atoms with Crippen LogP contribution in [0.25, 0.3) is 0 Å². The van der Waals surface area contributed by atoms with Gasteiger partial charge in [0.2, 0.25) is 17.7 Å². The Labute approximate surface area is 249 Å². The van der Waals surface area contributed by atoms with E-state index in [0.29, 0.717) is 16.1 Å². The van der Waals surface area contributed by atoms with Crippen molar-refractivity contribution in [2.75, 3.05) is 11.9 Å². The predicted octanol–water partition coefficient (Wildman–Crippen LogP) is 3.91. The van der Waals surface area contributed by atoms with Crippen molar-refractivity contribution >= 4 is 40.8 Å². The summed E-state index contributed by atoms with van der Waals surface area (Å²) in [7, 11) is 0. The molecule has 3 amide bonds. The lowest BCUT2D eigenvalue weighted by molar-refractivity contribution is -0.142. The average Bonchev–Trinajstić information content (AvgIpc) is 3.00. The minimum absolute atomic E-state index is 0.00920. The zero-order valence-electron chi connectivity index (χ0n) is 23.2. The Morgan fingerprint density at radius 1 is 1.05 bits per heavy atom. The molecule has 0 bridgehead atoms. The third-order valence-electron chi connectivity index (χ3n) is 7.30. The number of fused-ring (bicyclic) bond motifs is 1. The monoisotopic (exact) mass is 585 g/mol. The van der Waals surface area contributed by atoms with Gasteiger partial charge in [-0.1, -0.05) is 66.2 Å². The maximum absolute atomic E-state index is 13.7. The molecule has 0 saturated heterocycles. The van der Waals surface area contributed by atoms with Crippen LogP contribution in [-0.2, 0) is 27.3 Å². The SMILES string of the molecule is Cc1cc(NC(=O)[C@H](CCN)NC(=O)[C@@H]2Cc3ccccc3CN2C(=O)CCC(=O)c2ccccc2)c(C#N)cc1Cl. The molecule has 0 radical (unpaired) electrons. The molecular weight excluding hydrogens is 554 g/mol. The van der Waals surface area contributed by atoms with E-state index in [1.165, 1.54) is 11.0 Å². The fraction of sp³-hybridized carbons (Fsp3) is 0.281. The van der Waals surface area contributed by atoms with Gasteiger partial charge in [0.05, 0.1) is 11.3 Å². The Morgan fingerprint density at radius 2 is 1.74 bits per heavy atom. The highest BCUT2D eigenvalue weighted by molar-refractivity contribution is 6.31. The molecule has 3 aromatic carbocycles. The molecule has 10 heteroatoms. The van der Waals surface area contributed by atoms with E-state index in [1.807, 2.05) is 36.4 Å². The summed E-state index contributed by atoms with van der Waals surface area (Å²) in [5.41, 5.74) is 9.27. The predicted molar refractivity (Wildman–Crippen MR) is 160 cm³/mol. The van der Waals surface area contributed by atoms with Crippen LogP contribution >= 0.6 is 11.6 Å². The van der Waals surface area contributed by atoms with E-state index < -0.39 is 23.9 Å². The standard InChI is InChI=1S/C32H32ClN5O4/c1-20-15-27(24(18-35)16-25(20)33)37-31(41)26(13-14-34)36-32(42)28-17-22-9-5-6-10-23(22)19-38(28)30(40)12-11-29(39)21-7-3-2-4-8-21/h2-10,15-16,26,28H,11-14,17,19,34H2,1H3,(H,36,42)(H,37,41)/t26-,28-/m0/s1. The summed E-state index contributed by atoms with van der Waals surface area (Å²) in [5.74, 6) is -1.54. The van der Waals surface area contributed by atoms with Crippen molar-refractivity contribution in [1.29, 1.82) is 5.26 Å². The lowest BCUT2D eigenvalue weighted by atomic mass is 9.92. The molecule has 0 aliphatic carbocycles. The first kappa shape index (κ1) is 30.4. The molecule has 4 N–H and O–H groups in total. The van der Waals surface area contributed by atoms with E-state index in [0.717, 1.165) is 11.1 Å². The van der Waals surface area contributed by atoms with Gasteiger partial charge in [0.1, 0.15) is 18.2 Å². The number of benzene rings is 3. The fourth-order valence-electron chi connectivity index (χ4n) is 4.95. The van der Waals surface area contributed by atoms with Crippen LogP contribution in [0.2, 0.25) is 5.02 Å². The molecular formula is C32H32ClN5O4. The quantitative estimate of drug-likeness (QED) is 0.308. The van der Waals surface area contributed by atoms with Crippen LogP contribution < -0.4 is 16.4 Å². The highest BCUT2D eigenvalue weighted by Crippen LogP contribution is 2.26. The van der Waals surface area contributed by atoms with E-state index in [9.17, 15) is 24.4 Å². The topological polar surface area (TPSA) is 145 Å². The van der Waals surface area contributed by atoms with Crippen LogP contribution in [0, 0.1) is 18.3 Å². The second-order valence-electron chi connectivity index (χ2n) is 10.2. The number of nitriles is 1. The molecule has 1 heterocycles. The van der Waals surface area contributed by atoms with Gasteiger partial charge in [0.15, 0.2) is 5.78 Å². The molecule has 9 nitrogen and oxygen atoms in total. The molecule has 42 heavy (non-hydrogen) atoms. The molecule has 1 aliphatic heterocycles. The smallest absolute Gasteiger partial charge is 0.247 e. The number of aryl methyl sites for hydroxylation is 1. The van der Waals surface area contributed by atoms with E-state index in [4.69, 9.17) is 17.3 Å². The number of hydrogen-bond acceptors (Lipinski definition) is 6. The van der Waals surface area contributed by atoms with Gasteiger partial charge in [0, 0.05) is 36.4 Å². The second kappa shape index (κ2) is 13.9. The van der Waals surface area contributed by atoms with Gasteiger partial charge in [-0.3, -0.25) is 19.2 Å². The van der Waals surface area contributed by atoms with Crippen molar-refractivity contribution in [3.63, 3.8) is 0 Å². The number of nitrogens with one attached hydrogen (secondary N) is 2. The van der Waals surface area contributed by atoms with Crippen molar-refractivity contribution in [3.8, 4) is 6.07 Å². The first-order valence-electron chi connectivity index (χ1n) is 13.7. The number of carbonyl (C=O) groups is 4. The summed E-state index contributed by atoms with van der Waals surface area (Å²) in [6.07, 6.45) is 0.343. The minimum atomic E-state index is -1.01. The van der Waals surface area contributed by atoms with Gasteiger partial charge in [0.25, 0.3) is 0 Å². The lowest BCUT2D eigenvalue weighted by Gasteiger charge is -2.36. The largest absolute Gasteiger partial charge is 0.342 e. The van der Waals surface area contributed by atoms with Gasteiger partial charge in [-0.05, 0) is 48.7 Å². The second-order valence-corrected chi connectivity index (χ2v) is 10.6. The molecule has 1 aliphatic rings. The van der Waals surface area contributed by atoms with Crippen LogP contribution in [0.5, 0.6) is 0 Å². The minimum Gasteiger partial charge on any atom is -0.342 e. The van der Waals surface area contributed by atoms with E-state index in [2.05, 4.69) is 10.6 Å². The number of amides is 3. The molecule has 4 rings (SSSR count). The van der Waals surface area contributed by atoms with Gasteiger partial charge in [-0.25, -0.2) is 0 Å². The molecule has 0 aromatic heterocycles. The van der Waals surface area contributed by atoms with E-state index in [1.54, 1.807) is 37.3 Å². The zero-order valence-corrected chi connectivity index (χ0v) is 24.0. The molecule has 2 atom stereocenters. The lowest BCUT2D eigenvalue weighted by Crippen LogP contribution is -2.56. The third kappa shape index (κ3) is 7.21. The summed E-state index contributed by atoms with van der Waals surface area (Å²) in [5, 5.41) is 15.4. The number of Topliss-reactive ketones (excluding diaryl/α,β-unsaturated/α-hetero) is 1. The normalized spacial score (nSPS) is 14.7. The number of hydrogen-bond donors (Lipinski definition) is 3. The molecule has 3 aromatic rings. The van der Waals surface area contributed by atoms with E-state index in [-0.39, 0.29) is 61.7 Å². The van der Waals surface area contributed by atoms with Gasteiger partial charge in [-0.2, -0.15) is 5.26 Å². The van der Waals surface area contributed by atoms with Gasteiger partial charge >= 0.3 is 0 Å². The average molecular weight is 586 g/mol. The fourth-order valence-corrected chi connectivity index (χ4v) is 5.12. The number of halogens is 1. The van der Waals surface area contributed by atoms with Crippen molar-refractivity contribution in [2.45, 2.75) is 51.2 Å². The molecule has 0 fully saturated rings. The molecule has 0 saturated carbocycles. The maximum atomic E-state index is 13.7. The van der Waals surface area contributed by atoms with Crippen molar-refractivity contribution in [2.24, 2.45) is 5.73 Å². The van der Waals surface area contributed by atoms with E-state index >= 15 is 0 Å². The summed E-state index contributed by atoms with van der Waals surface area (Å²) >= 11 is 6.13. The first-order valence-corrected chi connectivity index (χ1v) is 14.1. The van der Waals surface area contributed by atoms with Crippen LogP contribution in [0.1, 0.15) is 51.9 Å². The first-order chi connectivity index (χ1) is 20.2. The summed E-state index contributed by atoms with van der Waals surface area (Å²) < 4.78 is 0. The Kier molecular flexibility index (Phi) is 10.1. The van der Waals surface area contributed by atoms with Crippen molar-refractivity contribution < 1.29 is 19.2 Å². The summed E-state index contributed by atoms with van der Waals surface area (Å²) in [6.45, 7) is 2.06. The Morgan fingerprint density at radius 3 is 2.43 bits per heavy atom. The number of nitrogens with zero attached hydrogens (tertiary/aromatic N) is 2. The van der Waals surface area contributed by atoms with Crippen molar-refractivity contribution in [3.05, 3.63) is 99.6 Å². The number of ketones is 1. The van der Waals surface area contributed by atoms with Crippen LogP contribution in [0.3, 0.4) is 0 Å². The maximum Gasteiger partial charge on any atom is 0.247 e. The summed E-state index contributed by atoms with van der Waals surface area (Å²) in [6, 6.07) is 19.5. The Balaban J connectivity index is 1.51. The Hall–Kier alpha value is -4.52. The highest BCUT2D eigenvalue weighted by atomic mass is 35.5. The number of rotatable bonds is 10. The summed E-state index contributed by atoms with van der Waals surface area (Å²) in [4.78, 5) is 54.5. The zero-order chi connectivity index (χ0) is 30.2. The molecule has 0 unspecified atom stereocenters. The van der Waals surface area contributed by atoms with Crippen LogP contribution in [0.15, 0.2) is 66.7 Å². The van der Waals surface area contributed by atoms with Gasteiger partial charge in [-0.15, -0.1) is 0 Å². The van der Waals surface area contributed by atoms with Gasteiger partial charge < -0.3 is 21.3 Å². The molecule has 0 spiro atoms. The van der Waals surface area contributed by atoms with Crippen LogP contribution in [-0.4, -0.2) is 47.0 Å². The number of carbonyl (C=O) groups excluding carboxylic acids is 4. The van der Waals surface area contributed by atoms with Crippen LogP contribution in [0.4, 0.5) is 5.69 Å². The Bertz CT molecular complexity index is 1540. The van der Waals surface area contributed by atoms with Crippen molar-refractivity contribution in [1.82, 2.24) is 10.2 Å². The third-order valence-corrected chi connectivity index (χ3v) is 7.71. The number of nitrogens with two attached hydrogens (primary N) is 1.